The average molecular weight is 967 g/mol. The molecule has 4 aromatic heterocycles. The molecule has 0 saturated heterocycles. The van der Waals surface area contributed by atoms with Gasteiger partial charge in [0.1, 0.15) is 23.1 Å². The number of methoxy groups -OCH3 is 2. The maximum Gasteiger partial charge on any atom is 0.210 e. The molecule has 0 spiro atoms. The summed E-state index contributed by atoms with van der Waals surface area (Å²) in [5, 5.41) is 8.51. The van der Waals surface area contributed by atoms with E-state index < -0.39 is 58.4 Å². The molecule has 6 heterocycles. The van der Waals surface area contributed by atoms with Gasteiger partial charge in [-0.15, -0.1) is 10.2 Å². The van der Waals surface area contributed by atoms with Crippen LogP contribution in [-0.2, 0) is 13.1 Å². The van der Waals surface area contributed by atoms with Gasteiger partial charge in [-0.3, -0.25) is 0 Å². The topological polar surface area (TPSA) is 116 Å². The lowest BCUT2D eigenvalue weighted by molar-refractivity contribution is 0.412. The summed E-state index contributed by atoms with van der Waals surface area (Å²) in [4.78, 5) is 17.1. The van der Waals surface area contributed by atoms with Crippen LogP contribution in [0.3, 0.4) is 0 Å². The van der Waals surface area contributed by atoms with Crippen molar-refractivity contribution in [3.8, 4) is 22.9 Å². The van der Waals surface area contributed by atoms with Crippen molar-refractivity contribution >= 4 is 23.8 Å². The predicted molar refractivity (Wildman–Crippen MR) is 242 cm³/mol. The molecule has 0 fully saturated rings. The second kappa shape index (κ2) is 19.6. The maximum absolute atomic E-state index is 15.2. The molecule has 360 valence electrons. The van der Waals surface area contributed by atoms with Crippen LogP contribution in [0.4, 0.5) is 35.1 Å². The van der Waals surface area contributed by atoms with Gasteiger partial charge in [0, 0.05) is 37.3 Å². The number of rotatable bonds is 10. The van der Waals surface area contributed by atoms with E-state index in [4.69, 9.17) is 9.47 Å². The Hall–Kier alpha value is -7.90. The molecule has 4 aromatic carbocycles. The highest BCUT2D eigenvalue weighted by Crippen LogP contribution is 2.37. The van der Waals surface area contributed by atoms with Gasteiger partial charge in [-0.2, -0.15) is 0 Å². The van der Waals surface area contributed by atoms with Gasteiger partial charge in [-0.25, -0.2) is 64.4 Å². The van der Waals surface area contributed by atoms with Crippen molar-refractivity contribution in [1.29, 1.82) is 0 Å². The van der Waals surface area contributed by atoms with Crippen molar-refractivity contribution in [2.45, 2.75) is 64.5 Å². The van der Waals surface area contributed by atoms with Crippen molar-refractivity contribution in [3.05, 3.63) is 178 Å². The normalized spacial score (nSPS) is 15.8. The predicted octanol–water partition coefficient (Wildman–Crippen LogP) is 11.2. The molecule has 0 bridgehead atoms. The van der Waals surface area contributed by atoms with Crippen LogP contribution in [0.2, 0.25) is 0 Å². The Morgan fingerprint density at radius 1 is 0.571 bits per heavy atom. The zero-order valence-corrected chi connectivity index (χ0v) is 37.9. The van der Waals surface area contributed by atoms with Crippen LogP contribution in [0.5, 0.6) is 11.5 Å². The number of hydrogen-bond acceptors (Lipinski definition) is 8. The minimum atomic E-state index is -1.52. The standard InChI is InChI=1S/2C25H21F4N5O/c2*1-14-12-33(13-30-14)21-6-5-15(9-22(21)35-2)8-20(28)24-31-25-17(4-3-7-34(25)32-24)16-10-18(26)23(29)19(27)11-16/h2*5-6,8-13,17H,3-4,7H2,1-2H3/b2*20-8-/t2*17-/m10/s1. The van der Waals surface area contributed by atoms with Gasteiger partial charge in [0.2, 0.25) is 11.6 Å². The first-order valence-corrected chi connectivity index (χ1v) is 22.0. The first-order valence-electron chi connectivity index (χ1n) is 22.0. The maximum atomic E-state index is 15.2. The number of aryl methyl sites for hydroxylation is 4. The number of nitrogens with zero attached hydrogens (tertiary/aromatic N) is 10. The summed E-state index contributed by atoms with van der Waals surface area (Å²) in [7, 11) is 3.05. The first-order chi connectivity index (χ1) is 33.7. The lowest BCUT2D eigenvalue weighted by atomic mass is 9.91. The van der Waals surface area contributed by atoms with Crippen LogP contribution in [0, 0.1) is 48.8 Å². The van der Waals surface area contributed by atoms with Crippen LogP contribution in [0.25, 0.3) is 35.2 Å². The molecule has 8 aromatic rings. The van der Waals surface area contributed by atoms with Gasteiger partial charge in [-0.05, 0) is 122 Å². The Bertz CT molecular complexity index is 3050. The zero-order valence-electron chi connectivity index (χ0n) is 37.9. The van der Waals surface area contributed by atoms with E-state index in [0.29, 0.717) is 73.0 Å². The van der Waals surface area contributed by atoms with Crippen LogP contribution < -0.4 is 9.47 Å². The van der Waals surface area contributed by atoms with E-state index in [1.807, 2.05) is 35.4 Å². The number of ether oxygens (including phenoxy) is 2. The van der Waals surface area contributed by atoms with Crippen molar-refractivity contribution in [1.82, 2.24) is 48.6 Å². The molecule has 20 heteroatoms. The number of aromatic nitrogens is 10. The molecular formula is C50H42F8N10O2. The number of halogens is 8. The largest absolute Gasteiger partial charge is 0.495 e. The second-order valence-electron chi connectivity index (χ2n) is 16.7. The number of benzene rings is 4. The number of fused-ring (bicyclic) bond motifs is 2. The molecule has 2 aliphatic rings. The summed E-state index contributed by atoms with van der Waals surface area (Å²) >= 11 is 0. The van der Waals surface area contributed by atoms with Gasteiger partial charge in [0.05, 0.1) is 49.6 Å². The third-order valence-electron chi connectivity index (χ3n) is 12.0. The fourth-order valence-electron chi connectivity index (χ4n) is 8.61. The van der Waals surface area contributed by atoms with Crippen molar-refractivity contribution in [3.63, 3.8) is 0 Å². The summed E-state index contributed by atoms with van der Waals surface area (Å²) in [5.74, 6) is -8.99. The summed E-state index contributed by atoms with van der Waals surface area (Å²) < 4.78 is 130. The van der Waals surface area contributed by atoms with Crippen LogP contribution in [0.15, 0.2) is 85.7 Å². The van der Waals surface area contributed by atoms with E-state index in [9.17, 15) is 26.3 Å². The highest BCUT2D eigenvalue weighted by atomic mass is 19.2. The van der Waals surface area contributed by atoms with E-state index >= 15 is 8.78 Å². The molecular weight excluding hydrogens is 925 g/mol. The molecule has 0 N–H and O–H groups in total. The lowest BCUT2D eigenvalue weighted by Gasteiger charge is -2.22. The molecule has 2 aliphatic heterocycles. The molecule has 10 rings (SSSR count). The van der Waals surface area contributed by atoms with Gasteiger partial charge in [0.15, 0.2) is 46.6 Å². The number of imidazole rings is 2. The van der Waals surface area contributed by atoms with E-state index in [1.54, 1.807) is 49.1 Å². The highest BCUT2D eigenvalue weighted by Gasteiger charge is 2.30. The smallest absolute Gasteiger partial charge is 0.210 e. The Balaban J connectivity index is 0.000000174. The van der Waals surface area contributed by atoms with Crippen LogP contribution in [-0.4, -0.2) is 62.9 Å². The molecule has 2 atom stereocenters. The Morgan fingerprint density at radius 2 is 0.957 bits per heavy atom. The summed E-state index contributed by atoms with van der Waals surface area (Å²) in [6, 6.07) is 14.2. The van der Waals surface area contributed by atoms with E-state index in [0.717, 1.165) is 47.0 Å². The van der Waals surface area contributed by atoms with Gasteiger partial charge >= 0.3 is 0 Å². The molecule has 0 radical (unpaired) electrons. The van der Waals surface area contributed by atoms with Gasteiger partial charge in [0.25, 0.3) is 0 Å². The molecule has 70 heavy (non-hydrogen) atoms. The molecule has 12 nitrogen and oxygen atoms in total. The third kappa shape index (κ3) is 9.57. The Labute approximate surface area is 395 Å². The fourth-order valence-corrected chi connectivity index (χ4v) is 8.61. The van der Waals surface area contributed by atoms with Crippen LogP contribution >= 0.6 is 0 Å². The minimum Gasteiger partial charge on any atom is -0.495 e. The monoisotopic (exact) mass is 966 g/mol. The van der Waals surface area contributed by atoms with Gasteiger partial charge in [-0.1, -0.05) is 12.1 Å². The Morgan fingerprint density at radius 3 is 1.30 bits per heavy atom. The quantitative estimate of drug-likeness (QED) is 0.0983. The average Bonchev–Trinajstić information content (AvgIpc) is 4.19. The summed E-state index contributed by atoms with van der Waals surface area (Å²) in [5.41, 5.74) is 4.74. The van der Waals surface area contributed by atoms with E-state index in [-0.39, 0.29) is 22.8 Å². The third-order valence-corrected chi connectivity index (χ3v) is 12.0. The molecule has 0 amide bonds. The fraction of sp³-hybridized carbons (Fsp3) is 0.240. The second-order valence-corrected chi connectivity index (χ2v) is 16.7. The SMILES string of the molecule is COc1cc(/C=C(\F)c2nc3n(n2)CCC[C@@H]3c2cc(F)c(F)c(F)c2)ccc1-n1cnc(C)c1.COc1cc(/C=C(\F)c2nc3n(n2)CCC[C@H]3c2cc(F)c(F)c(F)c2)ccc1-n1cnc(C)c1. The number of hydrogen-bond donors (Lipinski definition) is 0. The molecule has 0 aliphatic carbocycles. The summed E-state index contributed by atoms with van der Waals surface area (Å²) in [6.07, 6.45) is 12.0. The van der Waals surface area contributed by atoms with E-state index in [2.05, 4.69) is 30.1 Å². The van der Waals surface area contributed by atoms with Crippen LogP contribution in [0.1, 0.15) is 94.5 Å². The molecule has 0 unspecified atom stereocenters. The van der Waals surface area contributed by atoms with Crippen molar-refractivity contribution in [2.75, 3.05) is 14.2 Å². The van der Waals surface area contributed by atoms with Gasteiger partial charge < -0.3 is 18.6 Å². The Kier molecular flexibility index (Phi) is 13.2. The zero-order chi connectivity index (χ0) is 49.4. The lowest BCUT2D eigenvalue weighted by Crippen LogP contribution is -2.18. The van der Waals surface area contributed by atoms with E-state index in [1.165, 1.54) is 35.7 Å². The first kappa shape index (κ1) is 47.2. The van der Waals surface area contributed by atoms with Crippen molar-refractivity contribution < 1.29 is 44.6 Å². The highest BCUT2D eigenvalue weighted by molar-refractivity contribution is 5.76. The van der Waals surface area contributed by atoms with Crippen molar-refractivity contribution in [2.24, 2.45) is 0 Å². The molecule has 0 saturated carbocycles. The summed E-state index contributed by atoms with van der Waals surface area (Å²) in [6.45, 7) is 4.73. The minimum absolute atomic E-state index is 0.136.